The average molecular weight is 631 g/mol. The molecule has 15 nitrogen and oxygen atoms in total. The number of nitrogens with zero attached hydrogens (tertiary/aromatic N) is 2. The van der Waals surface area contributed by atoms with Crippen molar-refractivity contribution in [3.8, 4) is 11.5 Å². The third-order valence-corrected chi connectivity index (χ3v) is 9.57. The summed E-state index contributed by atoms with van der Waals surface area (Å²) < 4.78 is 12.1. The third kappa shape index (κ3) is 6.42. The quantitative estimate of drug-likeness (QED) is 0.0898. The number of benzene rings is 1. The number of likely N-dealkylation sites (tertiary alicyclic amines) is 1. The van der Waals surface area contributed by atoms with E-state index in [4.69, 9.17) is 26.4 Å². The van der Waals surface area contributed by atoms with Crippen molar-refractivity contribution in [1.29, 1.82) is 5.41 Å². The van der Waals surface area contributed by atoms with E-state index in [0.29, 0.717) is 43.7 Å². The summed E-state index contributed by atoms with van der Waals surface area (Å²) in [6.45, 7) is 4.79. The molecule has 1 saturated carbocycles. The zero-order valence-corrected chi connectivity index (χ0v) is 26.4. The number of carbonyl (C=O) groups excluding carboxylic acids is 4. The molecule has 248 valence electrons. The lowest BCUT2D eigenvalue weighted by molar-refractivity contribution is -0.178. The second kappa shape index (κ2) is 13.6. The Hall–Kier alpha value is -3.95. The van der Waals surface area contributed by atoms with Gasteiger partial charge in [0.1, 0.15) is 6.04 Å². The standard InChI is InChI=1S/C30H46N8O7/c1-17-7-8-21(24-23(17)29-11-14-37(3)18(2)30(29,43)10-9-20(39)25(29)45-24)44-28(42)38(4)15-13-34-26(41)19(36-22(40)16-31)6-5-12-35-27(32)33/h7-8,18-19,25,43H,5-6,9-16,31H2,1-4H3,(H,34,41)(H,36,40)(H4,32,33,35)/t18-,19+,25+,29+,30-/m1/s1. The number of ether oxygens (including phenoxy) is 2. The topological polar surface area (TPSA) is 225 Å². The number of aliphatic hydroxyl groups is 1. The number of piperidine rings is 1. The molecule has 2 aliphatic heterocycles. The summed E-state index contributed by atoms with van der Waals surface area (Å²) >= 11 is 0. The number of aryl methyl sites for hydroxylation is 1. The summed E-state index contributed by atoms with van der Waals surface area (Å²) in [6, 6.07) is 2.37. The molecule has 1 aliphatic carbocycles. The first-order chi connectivity index (χ1) is 21.3. The Morgan fingerprint density at radius 1 is 1.27 bits per heavy atom. The minimum Gasteiger partial charge on any atom is -0.477 e. The Kier molecular flexibility index (Phi) is 10.2. The second-order valence-electron chi connectivity index (χ2n) is 12.2. The van der Waals surface area contributed by atoms with Gasteiger partial charge in [0, 0.05) is 44.7 Å². The van der Waals surface area contributed by atoms with E-state index in [1.807, 2.05) is 27.0 Å². The van der Waals surface area contributed by atoms with Crippen LogP contribution in [0.2, 0.25) is 0 Å². The summed E-state index contributed by atoms with van der Waals surface area (Å²) in [4.78, 5) is 54.4. The highest BCUT2D eigenvalue weighted by molar-refractivity contribution is 5.90. The molecule has 9 N–H and O–H groups in total. The Morgan fingerprint density at radius 2 is 2.00 bits per heavy atom. The van der Waals surface area contributed by atoms with E-state index in [1.165, 1.54) is 11.9 Å². The van der Waals surface area contributed by atoms with E-state index in [0.717, 1.165) is 5.56 Å². The van der Waals surface area contributed by atoms with Crippen LogP contribution >= 0.6 is 0 Å². The molecular weight excluding hydrogens is 584 g/mol. The van der Waals surface area contributed by atoms with E-state index in [-0.39, 0.29) is 56.0 Å². The molecule has 0 aromatic heterocycles. The molecule has 45 heavy (non-hydrogen) atoms. The number of guanidine groups is 1. The number of hydrogen-bond donors (Lipinski definition) is 7. The molecule has 3 aliphatic rings. The zero-order chi connectivity index (χ0) is 33.1. The van der Waals surface area contributed by atoms with Crippen molar-refractivity contribution in [3.05, 3.63) is 23.3 Å². The fourth-order valence-corrected chi connectivity index (χ4v) is 6.96. The van der Waals surface area contributed by atoms with Gasteiger partial charge in [-0.3, -0.25) is 19.8 Å². The van der Waals surface area contributed by atoms with E-state index in [2.05, 4.69) is 20.9 Å². The lowest BCUT2D eigenvalue weighted by atomic mass is 9.52. The predicted molar refractivity (Wildman–Crippen MR) is 165 cm³/mol. The molecule has 2 fully saturated rings. The van der Waals surface area contributed by atoms with Crippen molar-refractivity contribution in [2.24, 2.45) is 11.5 Å². The van der Waals surface area contributed by atoms with E-state index < -0.39 is 41.1 Å². The van der Waals surface area contributed by atoms with Crippen LogP contribution in [0.4, 0.5) is 4.79 Å². The summed E-state index contributed by atoms with van der Waals surface area (Å²) in [5.41, 5.74) is 10.1. The smallest absolute Gasteiger partial charge is 0.415 e. The average Bonchev–Trinajstić information content (AvgIpc) is 3.37. The summed E-state index contributed by atoms with van der Waals surface area (Å²) in [7, 11) is 3.48. The minimum atomic E-state index is -1.21. The number of ketones is 1. The Labute approximate surface area is 262 Å². The van der Waals surface area contributed by atoms with Gasteiger partial charge in [0.15, 0.2) is 29.3 Å². The predicted octanol–water partition coefficient (Wildman–Crippen LogP) is -0.935. The zero-order valence-electron chi connectivity index (χ0n) is 26.4. The highest BCUT2D eigenvalue weighted by Crippen LogP contribution is 2.61. The lowest BCUT2D eigenvalue weighted by Gasteiger charge is -2.58. The number of Topliss-reactive ketones (excluding diaryl/α,β-unsaturated/α-hetero) is 1. The molecule has 4 rings (SSSR count). The molecule has 0 radical (unpaired) electrons. The molecule has 0 unspecified atom stereocenters. The first-order valence-corrected chi connectivity index (χ1v) is 15.3. The van der Waals surface area contributed by atoms with Crippen LogP contribution in [-0.2, 0) is 19.8 Å². The first kappa shape index (κ1) is 33.9. The van der Waals surface area contributed by atoms with Crippen molar-refractivity contribution >= 4 is 29.7 Å². The van der Waals surface area contributed by atoms with Gasteiger partial charge in [0.25, 0.3) is 0 Å². The van der Waals surface area contributed by atoms with Crippen LogP contribution in [0, 0.1) is 12.3 Å². The van der Waals surface area contributed by atoms with Crippen LogP contribution in [0.5, 0.6) is 11.5 Å². The molecular formula is C30H46N8O7. The molecule has 0 bridgehead atoms. The number of hydrogen-bond acceptors (Lipinski definition) is 10. The van der Waals surface area contributed by atoms with E-state index in [1.54, 1.807) is 6.07 Å². The van der Waals surface area contributed by atoms with Gasteiger partial charge in [0.2, 0.25) is 11.8 Å². The van der Waals surface area contributed by atoms with Gasteiger partial charge in [0.05, 0.1) is 17.6 Å². The van der Waals surface area contributed by atoms with Crippen LogP contribution in [-0.4, -0.2) is 115 Å². The van der Waals surface area contributed by atoms with Gasteiger partial charge in [-0.15, -0.1) is 0 Å². The summed E-state index contributed by atoms with van der Waals surface area (Å²) in [5, 5.41) is 27.4. The highest BCUT2D eigenvalue weighted by atomic mass is 16.6. The van der Waals surface area contributed by atoms with Gasteiger partial charge in [-0.25, -0.2) is 4.79 Å². The van der Waals surface area contributed by atoms with E-state index >= 15 is 0 Å². The number of carbonyl (C=O) groups is 4. The van der Waals surface area contributed by atoms with Crippen molar-refractivity contribution in [1.82, 2.24) is 25.8 Å². The fourth-order valence-electron chi connectivity index (χ4n) is 6.96. The maximum Gasteiger partial charge on any atom is 0.415 e. The van der Waals surface area contributed by atoms with Crippen LogP contribution in [0.25, 0.3) is 0 Å². The monoisotopic (exact) mass is 630 g/mol. The Balaban J connectivity index is 1.43. The van der Waals surface area contributed by atoms with Gasteiger partial charge in [-0.1, -0.05) is 6.07 Å². The molecule has 2 heterocycles. The SMILES string of the molecule is Cc1ccc(OC(=O)N(C)CCNC(=O)[C@H](CCCNC(=N)N)NC(=O)CN)c2c1[C@]13CCN(C)[C@H](C)[C@]1(O)CCC(=O)[C@@H]3O2. The van der Waals surface area contributed by atoms with Crippen LogP contribution in [0.1, 0.15) is 50.2 Å². The van der Waals surface area contributed by atoms with Gasteiger partial charge < -0.3 is 51.8 Å². The highest BCUT2D eigenvalue weighted by Gasteiger charge is 2.70. The van der Waals surface area contributed by atoms with Crippen molar-refractivity contribution in [2.75, 3.05) is 46.8 Å². The fraction of sp³-hybridized carbons (Fsp3) is 0.633. The van der Waals surface area contributed by atoms with Crippen LogP contribution in [0.15, 0.2) is 12.1 Å². The molecule has 5 atom stereocenters. The Bertz CT molecular complexity index is 1340. The molecule has 1 aromatic rings. The van der Waals surface area contributed by atoms with E-state index in [9.17, 15) is 24.3 Å². The van der Waals surface area contributed by atoms with Crippen molar-refractivity contribution in [3.63, 3.8) is 0 Å². The second-order valence-corrected chi connectivity index (χ2v) is 12.2. The number of nitrogens with two attached hydrogens (primary N) is 2. The van der Waals surface area contributed by atoms with Crippen LogP contribution in [0.3, 0.4) is 0 Å². The van der Waals surface area contributed by atoms with Gasteiger partial charge in [-0.05, 0) is 64.8 Å². The minimum absolute atomic E-state index is 0.0752. The molecule has 1 saturated heterocycles. The maximum absolute atomic E-state index is 13.2. The lowest BCUT2D eigenvalue weighted by Crippen LogP contribution is -2.73. The molecule has 1 spiro atoms. The van der Waals surface area contributed by atoms with Crippen molar-refractivity contribution in [2.45, 2.75) is 75.2 Å². The molecule has 15 heteroatoms. The number of amides is 3. The number of rotatable bonds is 11. The number of fused-ring (bicyclic) bond motifs is 1. The number of likely N-dealkylation sites (N-methyl/N-ethyl adjacent to an activating group) is 2. The summed E-state index contributed by atoms with van der Waals surface area (Å²) in [5.74, 6) is -0.740. The number of nitrogens with one attached hydrogen (secondary N) is 4. The molecule has 3 amide bonds. The van der Waals surface area contributed by atoms with Crippen LogP contribution < -0.4 is 36.9 Å². The van der Waals surface area contributed by atoms with Gasteiger partial charge in [-0.2, -0.15) is 0 Å². The largest absolute Gasteiger partial charge is 0.477 e. The Morgan fingerprint density at radius 3 is 2.69 bits per heavy atom. The normalized spacial score (nSPS) is 26.0. The summed E-state index contributed by atoms with van der Waals surface area (Å²) in [6.07, 6.45) is 0.199. The van der Waals surface area contributed by atoms with Gasteiger partial charge >= 0.3 is 6.09 Å². The first-order valence-electron chi connectivity index (χ1n) is 15.3. The maximum atomic E-state index is 13.2. The van der Waals surface area contributed by atoms with Crippen molar-refractivity contribution < 1.29 is 33.8 Å². The molecule has 1 aromatic carbocycles. The third-order valence-electron chi connectivity index (χ3n) is 9.57.